The van der Waals surface area contributed by atoms with Gasteiger partial charge in [-0.15, -0.1) is 0 Å². The Labute approximate surface area is 158 Å². The number of hydrogen-bond acceptors (Lipinski definition) is 4. The number of hydrogen-bond donors (Lipinski definition) is 1. The molecule has 5 heteroatoms. The summed E-state index contributed by atoms with van der Waals surface area (Å²) < 4.78 is 5.37. The van der Waals surface area contributed by atoms with Gasteiger partial charge in [0.2, 0.25) is 5.91 Å². The summed E-state index contributed by atoms with van der Waals surface area (Å²) in [5, 5.41) is 3.79. The molecule has 0 fully saturated rings. The minimum Gasteiger partial charge on any atom is -0.494 e. The van der Waals surface area contributed by atoms with E-state index in [1.54, 1.807) is 30.5 Å². The molecular weight excluding hydrogens is 340 g/mol. The van der Waals surface area contributed by atoms with Crippen molar-refractivity contribution in [2.24, 2.45) is 0 Å². The zero-order valence-corrected chi connectivity index (χ0v) is 15.5. The van der Waals surface area contributed by atoms with Crippen LogP contribution in [0.1, 0.15) is 35.7 Å². The zero-order valence-electron chi connectivity index (χ0n) is 15.5. The molecule has 138 valence electrons. The molecule has 0 bridgehead atoms. The molecule has 3 aromatic rings. The summed E-state index contributed by atoms with van der Waals surface area (Å²) >= 11 is 0. The average molecular weight is 362 g/mol. The molecule has 1 amide bonds. The Hall–Kier alpha value is -3.21. The number of aromatic nitrogens is 1. The number of fused-ring (bicyclic) bond motifs is 1. The van der Waals surface area contributed by atoms with Gasteiger partial charge >= 0.3 is 0 Å². The zero-order chi connectivity index (χ0) is 19.2. The van der Waals surface area contributed by atoms with Gasteiger partial charge in [-0.1, -0.05) is 6.07 Å². The highest BCUT2D eigenvalue weighted by Gasteiger charge is 2.12. The largest absolute Gasteiger partial charge is 0.494 e. The SMILES string of the molecule is CCOc1ccc(C(=O)CCC(=O)Nc2ccc(C)c3ncccc23)cc1. The first-order valence-electron chi connectivity index (χ1n) is 8.98. The third-order valence-corrected chi connectivity index (χ3v) is 4.31. The number of rotatable bonds is 7. The summed E-state index contributed by atoms with van der Waals surface area (Å²) in [4.78, 5) is 29.0. The monoisotopic (exact) mass is 362 g/mol. The lowest BCUT2D eigenvalue weighted by Crippen LogP contribution is -2.14. The highest BCUT2D eigenvalue weighted by molar-refractivity contribution is 6.04. The van der Waals surface area contributed by atoms with Crippen LogP contribution in [0.3, 0.4) is 0 Å². The van der Waals surface area contributed by atoms with Gasteiger partial charge in [-0.25, -0.2) is 0 Å². The summed E-state index contributed by atoms with van der Waals surface area (Å²) in [7, 11) is 0. The standard InChI is InChI=1S/C22H22N2O3/c1-3-27-17-9-7-16(8-10-17)20(25)12-13-21(26)24-19-11-6-15(2)22-18(19)5-4-14-23-22/h4-11,14H,3,12-13H2,1-2H3,(H,24,26). The lowest BCUT2D eigenvalue weighted by atomic mass is 10.1. The number of anilines is 1. The van der Waals surface area contributed by atoms with Crippen LogP contribution in [-0.4, -0.2) is 23.3 Å². The molecule has 1 N–H and O–H groups in total. The van der Waals surface area contributed by atoms with E-state index in [4.69, 9.17) is 4.74 Å². The van der Waals surface area contributed by atoms with E-state index in [0.29, 0.717) is 17.9 Å². The molecule has 0 saturated carbocycles. The van der Waals surface area contributed by atoms with E-state index < -0.39 is 0 Å². The van der Waals surface area contributed by atoms with Crippen LogP contribution in [0.2, 0.25) is 0 Å². The summed E-state index contributed by atoms with van der Waals surface area (Å²) in [5.41, 5.74) is 3.20. The first-order chi connectivity index (χ1) is 13.1. The van der Waals surface area contributed by atoms with E-state index in [9.17, 15) is 9.59 Å². The molecule has 3 rings (SSSR count). The van der Waals surface area contributed by atoms with Gasteiger partial charge in [0, 0.05) is 30.0 Å². The topological polar surface area (TPSA) is 68.3 Å². The summed E-state index contributed by atoms with van der Waals surface area (Å²) in [6.45, 7) is 4.47. The predicted molar refractivity (Wildman–Crippen MR) is 106 cm³/mol. The minimum absolute atomic E-state index is 0.0661. The number of ether oxygens (including phenoxy) is 1. The summed E-state index contributed by atoms with van der Waals surface area (Å²) in [5.74, 6) is 0.471. The van der Waals surface area contributed by atoms with Crippen molar-refractivity contribution in [2.45, 2.75) is 26.7 Å². The maximum absolute atomic E-state index is 12.3. The molecular formula is C22H22N2O3. The number of nitrogens with zero attached hydrogens (tertiary/aromatic N) is 1. The van der Waals surface area contributed by atoms with Gasteiger partial charge in [-0.2, -0.15) is 0 Å². The van der Waals surface area contributed by atoms with Gasteiger partial charge < -0.3 is 10.1 Å². The van der Waals surface area contributed by atoms with E-state index >= 15 is 0 Å². The van der Waals surface area contributed by atoms with E-state index in [0.717, 1.165) is 22.2 Å². The van der Waals surface area contributed by atoms with Gasteiger partial charge in [0.25, 0.3) is 0 Å². The van der Waals surface area contributed by atoms with Crippen molar-refractivity contribution in [3.05, 3.63) is 65.9 Å². The third-order valence-electron chi connectivity index (χ3n) is 4.31. The Morgan fingerprint density at radius 1 is 1.04 bits per heavy atom. The number of carbonyl (C=O) groups is 2. The van der Waals surface area contributed by atoms with Crippen molar-refractivity contribution >= 4 is 28.3 Å². The molecule has 0 saturated heterocycles. The fourth-order valence-electron chi connectivity index (χ4n) is 2.91. The van der Waals surface area contributed by atoms with E-state index in [-0.39, 0.29) is 24.5 Å². The normalized spacial score (nSPS) is 10.6. The number of aryl methyl sites for hydroxylation is 1. The summed E-state index contributed by atoms with van der Waals surface area (Å²) in [6.07, 6.45) is 2.01. The van der Waals surface area contributed by atoms with E-state index in [1.807, 2.05) is 38.1 Å². The van der Waals surface area contributed by atoms with Crippen molar-refractivity contribution in [3.8, 4) is 5.75 Å². The molecule has 0 atom stereocenters. The second kappa shape index (κ2) is 8.45. The van der Waals surface area contributed by atoms with Crippen LogP contribution in [0, 0.1) is 6.92 Å². The van der Waals surface area contributed by atoms with Gasteiger partial charge in [0.05, 0.1) is 17.8 Å². The highest BCUT2D eigenvalue weighted by atomic mass is 16.5. The highest BCUT2D eigenvalue weighted by Crippen LogP contribution is 2.24. The van der Waals surface area contributed by atoms with Crippen molar-refractivity contribution < 1.29 is 14.3 Å². The first kappa shape index (κ1) is 18.6. The van der Waals surface area contributed by atoms with Gasteiger partial charge in [-0.3, -0.25) is 14.6 Å². The Morgan fingerprint density at radius 2 is 1.81 bits per heavy atom. The molecule has 0 aliphatic heterocycles. The van der Waals surface area contributed by atoms with E-state index in [1.165, 1.54) is 0 Å². The average Bonchev–Trinajstić information content (AvgIpc) is 2.69. The molecule has 5 nitrogen and oxygen atoms in total. The van der Waals surface area contributed by atoms with Gasteiger partial charge in [0.15, 0.2) is 5.78 Å². The number of nitrogens with one attached hydrogen (secondary N) is 1. The number of carbonyl (C=O) groups excluding carboxylic acids is 2. The van der Waals surface area contributed by atoms with Crippen LogP contribution < -0.4 is 10.1 Å². The summed E-state index contributed by atoms with van der Waals surface area (Å²) in [6, 6.07) is 14.5. The molecule has 0 aliphatic carbocycles. The molecule has 0 radical (unpaired) electrons. The number of benzene rings is 2. The number of pyridine rings is 1. The number of Topliss-reactive ketones (excluding diaryl/α,β-unsaturated/α-hetero) is 1. The van der Waals surface area contributed by atoms with Crippen LogP contribution in [0.15, 0.2) is 54.7 Å². The Kier molecular flexibility index (Phi) is 5.81. The third kappa shape index (κ3) is 4.50. The fraction of sp³-hybridized carbons (Fsp3) is 0.227. The van der Waals surface area contributed by atoms with Crippen molar-refractivity contribution in [2.75, 3.05) is 11.9 Å². The minimum atomic E-state index is -0.191. The van der Waals surface area contributed by atoms with E-state index in [2.05, 4.69) is 10.3 Å². The van der Waals surface area contributed by atoms with Crippen LogP contribution in [0.25, 0.3) is 10.9 Å². The maximum atomic E-state index is 12.3. The first-order valence-corrected chi connectivity index (χ1v) is 8.98. The lowest BCUT2D eigenvalue weighted by Gasteiger charge is -2.10. The molecule has 0 aliphatic rings. The Morgan fingerprint density at radius 3 is 2.56 bits per heavy atom. The van der Waals surface area contributed by atoms with Crippen molar-refractivity contribution in [1.29, 1.82) is 0 Å². The maximum Gasteiger partial charge on any atom is 0.224 e. The quantitative estimate of drug-likeness (QED) is 0.626. The predicted octanol–water partition coefficient (Wildman–Crippen LogP) is 4.54. The molecule has 1 heterocycles. The van der Waals surface area contributed by atoms with Crippen LogP contribution in [-0.2, 0) is 4.79 Å². The van der Waals surface area contributed by atoms with Crippen LogP contribution >= 0.6 is 0 Å². The lowest BCUT2D eigenvalue weighted by molar-refractivity contribution is -0.116. The molecule has 2 aromatic carbocycles. The Balaban J connectivity index is 1.61. The number of ketones is 1. The van der Waals surface area contributed by atoms with Gasteiger partial charge in [0.1, 0.15) is 5.75 Å². The second-order valence-corrected chi connectivity index (χ2v) is 6.26. The van der Waals surface area contributed by atoms with Crippen molar-refractivity contribution in [1.82, 2.24) is 4.98 Å². The smallest absolute Gasteiger partial charge is 0.224 e. The van der Waals surface area contributed by atoms with Crippen LogP contribution in [0.4, 0.5) is 5.69 Å². The fourth-order valence-corrected chi connectivity index (χ4v) is 2.91. The van der Waals surface area contributed by atoms with Crippen molar-refractivity contribution in [3.63, 3.8) is 0 Å². The second-order valence-electron chi connectivity index (χ2n) is 6.26. The molecule has 1 aromatic heterocycles. The molecule has 0 unspecified atom stereocenters. The van der Waals surface area contributed by atoms with Gasteiger partial charge in [-0.05, 0) is 61.9 Å². The Bertz CT molecular complexity index is 965. The molecule has 0 spiro atoms. The number of amides is 1. The van der Waals surface area contributed by atoms with Crippen LogP contribution in [0.5, 0.6) is 5.75 Å². The molecule has 27 heavy (non-hydrogen) atoms.